The summed E-state index contributed by atoms with van der Waals surface area (Å²) in [5.41, 5.74) is -1.74. The molecular formula is C10H10N2O. The third-order valence-electron chi connectivity index (χ3n) is 1.32. The van der Waals surface area contributed by atoms with Crippen molar-refractivity contribution in [3.8, 4) is 0 Å². The van der Waals surface area contributed by atoms with Crippen molar-refractivity contribution >= 4 is 17.3 Å². The van der Waals surface area contributed by atoms with Crippen LogP contribution < -0.4 is 5.01 Å². The van der Waals surface area contributed by atoms with Gasteiger partial charge < -0.3 is 0 Å². The number of carbonyl (C=O) groups excluding carboxylic acids is 1. The van der Waals surface area contributed by atoms with Gasteiger partial charge in [0.05, 0.1) is 18.9 Å². The molecule has 3 nitrogen and oxygen atoms in total. The van der Waals surface area contributed by atoms with Crippen LogP contribution in [0.3, 0.4) is 0 Å². The minimum absolute atomic E-state index is 0.224. The van der Waals surface area contributed by atoms with Gasteiger partial charge in [0, 0.05) is 12.6 Å². The van der Waals surface area contributed by atoms with Crippen molar-refractivity contribution in [3.63, 3.8) is 0 Å². The second-order valence-electron chi connectivity index (χ2n) is 2.16. The Hall–Kier alpha value is -1.64. The number of hydrogen-bond acceptors (Lipinski definition) is 2. The molecule has 0 saturated carbocycles. The van der Waals surface area contributed by atoms with E-state index in [0.29, 0.717) is 0 Å². The molecule has 1 heterocycles. The van der Waals surface area contributed by atoms with E-state index in [1.54, 1.807) is 0 Å². The molecule has 13 heavy (non-hydrogen) atoms. The molecule has 0 N–H and O–H groups in total. The molecule has 3 heteroatoms. The quantitative estimate of drug-likeness (QED) is 0.655. The second-order valence-corrected chi connectivity index (χ2v) is 2.16. The Morgan fingerprint density at radius 1 is 1.62 bits per heavy atom. The Bertz CT molecular complexity index is 709. The van der Waals surface area contributed by atoms with Crippen LogP contribution in [0.2, 0.25) is 0 Å². The first kappa shape index (κ1) is 2.44. The highest BCUT2D eigenvalue weighted by Gasteiger charge is 2.21. The first-order valence-electron chi connectivity index (χ1n) is 8.32. The highest BCUT2D eigenvalue weighted by atomic mass is 16.2. The van der Waals surface area contributed by atoms with Crippen LogP contribution >= 0.6 is 0 Å². The summed E-state index contributed by atoms with van der Waals surface area (Å²) < 4.78 is 75.0. The van der Waals surface area contributed by atoms with Gasteiger partial charge in [0.15, 0.2) is 0 Å². The highest BCUT2D eigenvalue weighted by Crippen LogP contribution is 2.19. The van der Waals surface area contributed by atoms with Crippen molar-refractivity contribution in [1.82, 2.24) is 0 Å². The molecule has 0 bridgehead atoms. The van der Waals surface area contributed by atoms with Gasteiger partial charge in [-0.2, -0.15) is 5.10 Å². The van der Waals surface area contributed by atoms with Crippen LogP contribution in [0.5, 0.6) is 0 Å². The maximum absolute atomic E-state index is 12.1. The van der Waals surface area contributed by atoms with Crippen LogP contribution in [0.25, 0.3) is 0 Å². The molecule has 1 aromatic rings. The van der Waals surface area contributed by atoms with Crippen molar-refractivity contribution in [2.24, 2.45) is 5.10 Å². The molecule has 1 aliphatic heterocycles. The summed E-state index contributed by atoms with van der Waals surface area (Å²) in [7, 11) is 0. The lowest BCUT2D eigenvalue weighted by Crippen LogP contribution is -2.19. The second kappa shape index (κ2) is 3.01. The van der Waals surface area contributed by atoms with Gasteiger partial charge in [0.2, 0.25) is 0 Å². The van der Waals surface area contributed by atoms with Crippen LogP contribution in [0.15, 0.2) is 35.3 Å². The fourth-order valence-corrected chi connectivity index (χ4v) is 0.826. The van der Waals surface area contributed by atoms with Gasteiger partial charge in [-0.3, -0.25) is 4.79 Å². The van der Waals surface area contributed by atoms with E-state index in [9.17, 15) is 4.79 Å². The summed E-state index contributed by atoms with van der Waals surface area (Å²) in [6.45, 7) is -3.01. The molecule has 0 fully saturated rings. The standard InChI is InChI=1S/C10H10N2O/c1-8-7-10(13)12(11-8)9-5-3-2-4-6-9/h2-6H,7H2,1H3/i1D3,2D,3D,4D,5D,6D,7D2. The molecule has 0 atom stereocenters. The average Bonchev–Trinajstić information content (AvgIpc) is 2.67. The van der Waals surface area contributed by atoms with E-state index in [1.807, 2.05) is 0 Å². The van der Waals surface area contributed by atoms with Crippen LogP contribution in [0.4, 0.5) is 5.69 Å². The number of nitrogens with zero attached hydrogens (tertiary/aromatic N) is 2. The lowest BCUT2D eigenvalue weighted by Gasteiger charge is -2.10. The van der Waals surface area contributed by atoms with Crippen molar-refractivity contribution in [2.75, 3.05) is 5.01 Å². The Balaban J connectivity index is 2.74. The molecule has 2 rings (SSSR count). The number of hydrazone groups is 1. The van der Waals surface area contributed by atoms with Crippen molar-refractivity contribution in [2.45, 2.75) is 13.2 Å². The third kappa shape index (κ3) is 1.45. The summed E-state index contributed by atoms with van der Waals surface area (Å²) in [6, 6.07) is -3.75. The predicted octanol–water partition coefficient (Wildman–Crippen LogP) is 1.80. The topological polar surface area (TPSA) is 32.7 Å². The summed E-state index contributed by atoms with van der Waals surface area (Å²) >= 11 is 0. The number of amides is 1. The average molecular weight is 184 g/mol. The SMILES string of the molecule is [2H]c1c([2H])c([2H])c(N2N=C(C([2H])([2H])[2H])C([2H])([2H])C2=O)c([2H])c1[2H]. The van der Waals surface area contributed by atoms with E-state index in [0.717, 1.165) is 0 Å². The van der Waals surface area contributed by atoms with E-state index in [-0.39, 0.29) is 5.01 Å². The van der Waals surface area contributed by atoms with Gasteiger partial charge in [-0.25, -0.2) is 5.01 Å². The summed E-state index contributed by atoms with van der Waals surface area (Å²) in [5, 5.41) is 3.62. The van der Waals surface area contributed by atoms with Gasteiger partial charge >= 0.3 is 0 Å². The van der Waals surface area contributed by atoms with Gasteiger partial charge in [-0.05, 0) is 18.9 Å². The molecule has 0 unspecified atom stereocenters. The zero-order chi connectivity index (χ0) is 17.9. The Labute approximate surface area is 90.7 Å². The molecule has 0 saturated heterocycles. The fraction of sp³-hybridized carbons (Fsp3) is 0.200. The van der Waals surface area contributed by atoms with E-state index in [2.05, 4.69) is 5.10 Å². The van der Waals surface area contributed by atoms with E-state index >= 15 is 0 Å². The lowest BCUT2D eigenvalue weighted by atomic mass is 10.3. The Kier molecular flexibility index (Phi) is 0.565. The first-order valence-corrected chi connectivity index (χ1v) is 3.32. The molecule has 0 spiro atoms. The normalized spacial score (nSPS) is 32.2. The number of carbonyl (C=O) groups is 1. The van der Waals surface area contributed by atoms with E-state index in [1.165, 1.54) is 0 Å². The predicted molar refractivity (Wildman–Crippen MR) is 51.7 cm³/mol. The third-order valence-corrected chi connectivity index (χ3v) is 1.32. The molecule has 1 aromatic carbocycles. The first-order chi connectivity index (χ1) is 10.3. The zero-order valence-corrected chi connectivity index (χ0v) is 6.30. The van der Waals surface area contributed by atoms with E-state index in [4.69, 9.17) is 13.7 Å². The Morgan fingerprint density at radius 2 is 2.38 bits per heavy atom. The van der Waals surface area contributed by atoms with Crippen LogP contribution in [0, 0.1) is 0 Å². The van der Waals surface area contributed by atoms with Gasteiger partial charge in [0.1, 0.15) is 0 Å². The molecule has 66 valence electrons. The van der Waals surface area contributed by atoms with Crippen LogP contribution in [-0.4, -0.2) is 11.6 Å². The number of hydrogen-bond donors (Lipinski definition) is 0. The van der Waals surface area contributed by atoms with Gasteiger partial charge in [-0.15, -0.1) is 0 Å². The molecule has 1 aliphatic rings. The minimum Gasteiger partial charge on any atom is -0.272 e. The molecule has 1 amide bonds. The molecule has 0 aliphatic carbocycles. The summed E-state index contributed by atoms with van der Waals surface area (Å²) in [6.07, 6.45) is -2.96. The van der Waals surface area contributed by atoms with Crippen molar-refractivity contribution < 1.29 is 18.5 Å². The zero-order valence-electron chi connectivity index (χ0n) is 16.3. The van der Waals surface area contributed by atoms with Crippen LogP contribution in [0.1, 0.15) is 26.9 Å². The molecular weight excluding hydrogens is 164 g/mol. The monoisotopic (exact) mass is 184 g/mol. The van der Waals surface area contributed by atoms with Crippen LogP contribution in [-0.2, 0) is 4.79 Å². The fourth-order valence-electron chi connectivity index (χ4n) is 0.826. The van der Waals surface area contributed by atoms with Crippen molar-refractivity contribution in [3.05, 3.63) is 30.2 Å². The maximum Gasteiger partial charge on any atom is 0.253 e. The van der Waals surface area contributed by atoms with E-state index < -0.39 is 60.7 Å². The number of benzene rings is 1. The molecule has 0 aromatic heterocycles. The Morgan fingerprint density at radius 3 is 3.00 bits per heavy atom. The number of para-hydroxylation sites is 1. The van der Waals surface area contributed by atoms with Gasteiger partial charge in [-0.1, -0.05) is 18.1 Å². The van der Waals surface area contributed by atoms with Crippen molar-refractivity contribution in [1.29, 1.82) is 0 Å². The number of rotatable bonds is 1. The summed E-state index contributed by atoms with van der Waals surface area (Å²) in [5.74, 6) is -1.43. The minimum atomic E-state index is -3.01. The number of anilines is 1. The summed E-state index contributed by atoms with van der Waals surface area (Å²) in [4.78, 5) is 12.1. The lowest BCUT2D eigenvalue weighted by molar-refractivity contribution is -0.116. The van der Waals surface area contributed by atoms with Gasteiger partial charge in [0.25, 0.3) is 5.91 Å². The maximum atomic E-state index is 12.1. The molecule has 0 radical (unpaired) electrons. The highest BCUT2D eigenvalue weighted by molar-refractivity contribution is 6.12. The largest absolute Gasteiger partial charge is 0.272 e. The smallest absolute Gasteiger partial charge is 0.253 e.